The Morgan fingerprint density at radius 2 is 1.80 bits per heavy atom. The Kier molecular flexibility index (Phi) is 4.00. The first kappa shape index (κ1) is 11.4. The van der Waals surface area contributed by atoms with Gasteiger partial charge in [0.25, 0.3) is 0 Å². The first-order chi connectivity index (χ1) is 7.29. The smallest absolute Gasteiger partial charge is 0.0506 e. The van der Waals surface area contributed by atoms with Crippen LogP contribution in [0.5, 0.6) is 0 Å². The molecule has 3 heteroatoms. The molecule has 15 heavy (non-hydrogen) atoms. The molecule has 0 bridgehead atoms. The molecular formula is C12H25N3. The van der Waals surface area contributed by atoms with Crippen LogP contribution < -0.4 is 5.32 Å². The van der Waals surface area contributed by atoms with E-state index in [0.717, 1.165) is 12.1 Å². The largest absolute Gasteiger partial charge is 0.317 e. The Bertz CT molecular complexity index is 187. The standard InChI is InChI=1S/C12H25N3/c1-13-11-4-6-12(7-5-11)15-9-3-8-14(2)10-15/h11-13H,3-10H2,1-2H3. The van der Waals surface area contributed by atoms with Crippen molar-refractivity contribution in [2.45, 2.75) is 44.2 Å². The fourth-order valence-electron chi connectivity index (χ4n) is 3.02. The minimum absolute atomic E-state index is 0.781. The zero-order chi connectivity index (χ0) is 10.7. The minimum Gasteiger partial charge on any atom is -0.317 e. The summed E-state index contributed by atoms with van der Waals surface area (Å²) in [6.45, 7) is 3.79. The predicted molar refractivity (Wildman–Crippen MR) is 63.9 cm³/mol. The van der Waals surface area contributed by atoms with Crippen LogP contribution in [-0.4, -0.2) is 55.7 Å². The second-order valence-corrected chi connectivity index (χ2v) is 5.18. The number of nitrogens with one attached hydrogen (secondary N) is 1. The average Bonchev–Trinajstić information content (AvgIpc) is 2.29. The molecule has 1 heterocycles. The van der Waals surface area contributed by atoms with Crippen molar-refractivity contribution in [1.29, 1.82) is 0 Å². The Hall–Kier alpha value is -0.120. The van der Waals surface area contributed by atoms with Crippen LogP contribution in [0.25, 0.3) is 0 Å². The van der Waals surface area contributed by atoms with Crippen LogP contribution in [0.1, 0.15) is 32.1 Å². The number of hydrogen-bond acceptors (Lipinski definition) is 3. The van der Waals surface area contributed by atoms with E-state index in [1.54, 1.807) is 0 Å². The van der Waals surface area contributed by atoms with Gasteiger partial charge < -0.3 is 5.32 Å². The highest BCUT2D eigenvalue weighted by Gasteiger charge is 2.27. The zero-order valence-electron chi connectivity index (χ0n) is 10.2. The summed E-state index contributed by atoms with van der Waals surface area (Å²) >= 11 is 0. The van der Waals surface area contributed by atoms with Crippen molar-refractivity contribution in [1.82, 2.24) is 15.1 Å². The summed E-state index contributed by atoms with van der Waals surface area (Å²) in [5.41, 5.74) is 0. The molecule has 3 nitrogen and oxygen atoms in total. The van der Waals surface area contributed by atoms with Crippen molar-refractivity contribution in [2.24, 2.45) is 0 Å². The van der Waals surface area contributed by atoms with Gasteiger partial charge in [-0.05, 0) is 46.2 Å². The highest BCUT2D eigenvalue weighted by Crippen LogP contribution is 2.24. The molecule has 0 aromatic rings. The topological polar surface area (TPSA) is 18.5 Å². The minimum atomic E-state index is 0.781. The lowest BCUT2D eigenvalue weighted by Gasteiger charge is -2.41. The van der Waals surface area contributed by atoms with Gasteiger partial charge >= 0.3 is 0 Å². The molecular weight excluding hydrogens is 186 g/mol. The summed E-state index contributed by atoms with van der Waals surface area (Å²) in [4.78, 5) is 5.14. The van der Waals surface area contributed by atoms with Crippen LogP contribution in [0.3, 0.4) is 0 Å². The van der Waals surface area contributed by atoms with E-state index in [2.05, 4.69) is 29.2 Å². The Morgan fingerprint density at radius 1 is 1.07 bits per heavy atom. The van der Waals surface area contributed by atoms with Gasteiger partial charge in [-0.15, -0.1) is 0 Å². The van der Waals surface area contributed by atoms with Gasteiger partial charge in [-0.1, -0.05) is 0 Å². The molecule has 0 radical (unpaired) electrons. The number of nitrogens with zero attached hydrogens (tertiary/aromatic N) is 2. The molecule has 0 unspecified atom stereocenters. The fraction of sp³-hybridized carbons (Fsp3) is 1.00. The van der Waals surface area contributed by atoms with E-state index in [-0.39, 0.29) is 0 Å². The molecule has 1 aliphatic heterocycles. The lowest BCUT2D eigenvalue weighted by molar-refractivity contribution is 0.0488. The Balaban J connectivity index is 1.79. The molecule has 88 valence electrons. The Morgan fingerprint density at radius 3 is 2.40 bits per heavy atom. The highest BCUT2D eigenvalue weighted by atomic mass is 15.3. The summed E-state index contributed by atoms with van der Waals surface area (Å²) in [7, 11) is 4.34. The van der Waals surface area contributed by atoms with Crippen molar-refractivity contribution in [2.75, 3.05) is 33.9 Å². The third-order valence-corrected chi connectivity index (χ3v) is 4.03. The second-order valence-electron chi connectivity index (χ2n) is 5.18. The molecule has 1 N–H and O–H groups in total. The lowest BCUT2D eigenvalue weighted by atomic mass is 9.90. The van der Waals surface area contributed by atoms with Crippen molar-refractivity contribution < 1.29 is 0 Å². The first-order valence-electron chi connectivity index (χ1n) is 6.39. The van der Waals surface area contributed by atoms with Crippen LogP contribution in [0.2, 0.25) is 0 Å². The van der Waals surface area contributed by atoms with E-state index >= 15 is 0 Å². The third kappa shape index (κ3) is 2.92. The molecule has 1 saturated carbocycles. The molecule has 0 aromatic heterocycles. The lowest BCUT2D eigenvalue weighted by Crippen LogP contribution is -2.49. The van der Waals surface area contributed by atoms with Gasteiger partial charge in [0.05, 0.1) is 6.67 Å². The van der Waals surface area contributed by atoms with E-state index in [9.17, 15) is 0 Å². The van der Waals surface area contributed by atoms with Crippen molar-refractivity contribution >= 4 is 0 Å². The van der Waals surface area contributed by atoms with Crippen molar-refractivity contribution in [3.63, 3.8) is 0 Å². The van der Waals surface area contributed by atoms with Crippen LogP contribution in [0.4, 0.5) is 0 Å². The van der Waals surface area contributed by atoms with Crippen molar-refractivity contribution in [3.8, 4) is 0 Å². The molecule has 0 atom stereocenters. The molecule has 2 fully saturated rings. The maximum Gasteiger partial charge on any atom is 0.0506 e. The van der Waals surface area contributed by atoms with Gasteiger partial charge in [0.1, 0.15) is 0 Å². The normalized spacial score (nSPS) is 35.6. The van der Waals surface area contributed by atoms with Crippen LogP contribution in [-0.2, 0) is 0 Å². The molecule has 2 rings (SSSR count). The summed E-state index contributed by atoms with van der Waals surface area (Å²) in [5, 5.41) is 3.41. The number of rotatable bonds is 2. The maximum absolute atomic E-state index is 3.41. The highest BCUT2D eigenvalue weighted by molar-refractivity contribution is 4.83. The summed E-state index contributed by atoms with van der Waals surface area (Å²) in [6, 6.07) is 1.64. The van der Waals surface area contributed by atoms with E-state index in [1.165, 1.54) is 51.9 Å². The second kappa shape index (κ2) is 5.28. The SMILES string of the molecule is CNC1CCC(N2CCCN(C)C2)CC1. The monoisotopic (exact) mass is 211 g/mol. The molecule has 0 amide bonds. The van der Waals surface area contributed by atoms with Gasteiger partial charge in [-0.2, -0.15) is 0 Å². The van der Waals surface area contributed by atoms with Gasteiger partial charge in [0.15, 0.2) is 0 Å². The molecule has 0 spiro atoms. The molecule has 1 saturated heterocycles. The van der Waals surface area contributed by atoms with Crippen LogP contribution in [0, 0.1) is 0 Å². The quantitative estimate of drug-likeness (QED) is 0.738. The van der Waals surface area contributed by atoms with Gasteiger partial charge in [-0.3, -0.25) is 9.80 Å². The zero-order valence-corrected chi connectivity index (χ0v) is 10.2. The Labute approximate surface area is 93.8 Å². The van der Waals surface area contributed by atoms with E-state index < -0.39 is 0 Å². The third-order valence-electron chi connectivity index (χ3n) is 4.03. The molecule has 2 aliphatic rings. The van der Waals surface area contributed by atoms with Gasteiger partial charge in [-0.25, -0.2) is 0 Å². The van der Waals surface area contributed by atoms with Gasteiger partial charge in [0, 0.05) is 25.2 Å². The van der Waals surface area contributed by atoms with Crippen LogP contribution >= 0.6 is 0 Å². The van der Waals surface area contributed by atoms with E-state index in [1.807, 2.05) is 0 Å². The maximum atomic E-state index is 3.41. The first-order valence-corrected chi connectivity index (χ1v) is 6.39. The fourth-order valence-corrected chi connectivity index (χ4v) is 3.02. The van der Waals surface area contributed by atoms with E-state index in [4.69, 9.17) is 0 Å². The average molecular weight is 211 g/mol. The summed E-state index contributed by atoms with van der Waals surface area (Å²) in [6.07, 6.45) is 6.85. The predicted octanol–water partition coefficient (Wildman–Crippen LogP) is 1.11. The molecule has 1 aliphatic carbocycles. The molecule has 0 aromatic carbocycles. The summed E-state index contributed by atoms with van der Waals surface area (Å²) in [5.74, 6) is 0. The van der Waals surface area contributed by atoms with Crippen molar-refractivity contribution in [3.05, 3.63) is 0 Å². The van der Waals surface area contributed by atoms with E-state index in [0.29, 0.717) is 0 Å². The van der Waals surface area contributed by atoms with Gasteiger partial charge in [0.2, 0.25) is 0 Å². The number of hydrogen-bond donors (Lipinski definition) is 1. The summed E-state index contributed by atoms with van der Waals surface area (Å²) < 4.78 is 0. The van der Waals surface area contributed by atoms with Crippen LogP contribution in [0.15, 0.2) is 0 Å².